The van der Waals surface area contributed by atoms with E-state index in [4.69, 9.17) is 5.26 Å². The zero-order chi connectivity index (χ0) is 16.8. The lowest BCUT2D eigenvalue weighted by Gasteiger charge is -2.29. The van der Waals surface area contributed by atoms with Crippen LogP contribution in [0.15, 0.2) is 18.2 Å². The van der Waals surface area contributed by atoms with Gasteiger partial charge in [-0.05, 0) is 49.4 Å². The summed E-state index contributed by atoms with van der Waals surface area (Å²) in [6.45, 7) is 1.61. The van der Waals surface area contributed by atoms with Crippen molar-refractivity contribution in [1.29, 1.82) is 5.26 Å². The van der Waals surface area contributed by atoms with Gasteiger partial charge < -0.3 is 4.90 Å². The molecule has 1 aromatic carbocycles. The van der Waals surface area contributed by atoms with Crippen molar-refractivity contribution in [2.24, 2.45) is 5.41 Å². The summed E-state index contributed by atoms with van der Waals surface area (Å²) < 4.78 is 40.7. The number of benzene rings is 1. The molecule has 2 aliphatic rings. The Hall–Kier alpha value is -2.03. The molecular weight excluding hydrogens is 305 g/mol. The van der Waals surface area contributed by atoms with E-state index in [-0.39, 0.29) is 24.4 Å². The van der Waals surface area contributed by atoms with Crippen LogP contribution in [0.4, 0.5) is 13.2 Å². The number of rotatable bonds is 3. The number of nitriles is 1. The molecule has 1 unspecified atom stereocenters. The number of carbonyl (C=O) groups excluding carboxylic acids is 1. The molecule has 0 aliphatic carbocycles. The van der Waals surface area contributed by atoms with E-state index in [1.807, 2.05) is 6.07 Å². The van der Waals surface area contributed by atoms with Crippen molar-refractivity contribution in [2.45, 2.75) is 51.1 Å². The van der Waals surface area contributed by atoms with E-state index in [0.717, 1.165) is 6.07 Å². The first-order valence-electron chi connectivity index (χ1n) is 7.74. The third kappa shape index (κ3) is 2.30. The number of hydrogen-bond donors (Lipinski definition) is 0. The topological polar surface area (TPSA) is 44.1 Å². The molecule has 0 spiro atoms. The van der Waals surface area contributed by atoms with Crippen LogP contribution < -0.4 is 0 Å². The highest BCUT2D eigenvalue weighted by molar-refractivity contribution is 5.86. The summed E-state index contributed by atoms with van der Waals surface area (Å²) in [5.74, 6) is -1.09. The molecule has 3 nitrogen and oxygen atoms in total. The van der Waals surface area contributed by atoms with Gasteiger partial charge in [0.05, 0.1) is 17.7 Å². The van der Waals surface area contributed by atoms with Gasteiger partial charge in [-0.25, -0.2) is 13.2 Å². The average Bonchev–Trinajstić information content (AvgIpc) is 3.05. The highest BCUT2D eigenvalue weighted by Crippen LogP contribution is 2.52. The minimum Gasteiger partial charge on any atom is -0.332 e. The third-order valence-corrected chi connectivity index (χ3v) is 5.25. The summed E-state index contributed by atoms with van der Waals surface area (Å²) in [4.78, 5) is 14.2. The molecule has 3 atom stereocenters. The van der Waals surface area contributed by atoms with Crippen LogP contribution in [0, 0.1) is 22.6 Å². The smallest absolute Gasteiger partial charge is 0.252 e. The fraction of sp³-hybridized carbons (Fsp3) is 0.529. The van der Waals surface area contributed by atoms with Gasteiger partial charge in [0.2, 0.25) is 5.91 Å². The summed E-state index contributed by atoms with van der Waals surface area (Å²) in [5.41, 5.74) is -0.932. The molecule has 0 bridgehead atoms. The lowest BCUT2D eigenvalue weighted by molar-refractivity contribution is -0.146. The number of halogens is 3. The number of nitrogens with zero attached hydrogens (tertiary/aromatic N) is 2. The zero-order valence-electron chi connectivity index (χ0n) is 12.7. The van der Waals surface area contributed by atoms with E-state index in [1.54, 1.807) is 6.92 Å². The van der Waals surface area contributed by atoms with Crippen molar-refractivity contribution in [3.63, 3.8) is 0 Å². The van der Waals surface area contributed by atoms with Gasteiger partial charge in [0.1, 0.15) is 11.2 Å². The number of amides is 1. The lowest BCUT2D eigenvalue weighted by Crippen LogP contribution is -2.40. The molecule has 0 saturated carbocycles. The maximum Gasteiger partial charge on any atom is 0.252 e. The Morgan fingerprint density at radius 2 is 2.13 bits per heavy atom. The maximum atomic E-state index is 13.7. The molecule has 23 heavy (non-hydrogen) atoms. The molecule has 2 heterocycles. The van der Waals surface area contributed by atoms with E-state index in [2.05, 4.69) is 0 Å². The average molecular weight is 322 g/mol. The molecule has 3 rings (SSSR count). The first kappa shape index (κ1) is 15.9. The molecule has 2 saturated heterocycles. The number of fused-ring (bicyclic) bond motifs is 1. The van der Waals surface area contributed by atoms with Crippen LogP contribution in [0.1, 0.15) is 49.8 Å². The summed E-state index contributed by atoms with van der Waals surface area (Å²) in [6.07, 6.45) is -1.22. The van der Waals surface area contributed by atoms with Crippen molar-refractivity contribution >= 4 is 5.91 Å². The summed E-state index contributed by atoms with van der Waals surface area (Å²) in [5, 5.41) is 8.97. The third-order valence-electron chi connectivity index (χ3n) is 5.25. The van der Waals surface area contributed by atoms with Crippen molar-refractivity contribution in [3.8, 4) is 6.07 Å². The molecule has 1 amide bonds. The van der Waals surface area contributed by atoms with Crippen LogP contribution in [0.2, 0.25) is 0 Å². The molecule has 0 aromatic heterocycles. The van der Waals surface area contributed by atoms with Gasteiger partial charge in [-0.15, -0.1) is 0 Å². The van der Waals surface area contributed by atoms with Crippen LogP contribution in [0.25, 0.3) is 0 Å². The Bertz CT molecular complexity index is 685. The Balaban J connectivity index is 1.98. The van der Waals surface area contributed by atoms with Gasteiger partial charge in [0.15, 0.2) is 0 Å². The fourth-order valence-electron chi connectivity index (χ4n) is 3.98. The van der Waals surface area contributed by atoms with Crippen molar-refractivity contribution in [1.82, 2.24) is 4.90 Å². The normalized spacial score (nSPS) is 29.9. The molecule has 1 aromatic rings. The van der Waals surface area contributed by atoms with Crippen LogP contribution in [-0.2, 0) is 4.79 Å². The van der Waals surface area contributed by atoms with E-state index in [1.165, 1.54) is 17.0 Å². The van der Waals surface area contributed by atoms with Gasteiger partial charge >= 0.3 is 0 Å². The lowest BCUT2D eigenvalue weighted by atomic mass is 9.81. The molecule has 6 heteroatoms. The summed E-state index contributed by atoms with van der Waals surface area (Å²) in [7, 11) is 0. The van der Waals surface area contributed by atoms with Gasteiger partial charge in [0.25, 0.3) is 6.43 Å². The minimum atomic E-state index is -2.70. The maximum absolute atomic E-state index is 13.7. The fourth-order valence-corrected chi connectivity index (χ4v) is 3.98. The van der Waals surface area contributed by atoms with E-state index in [0.29, 0.717) is 18.4 Å². The highest BCUT2D eigenvalue weighted by Gasteiger charge is 2.59. The summed E-state index contributed by atoms with van der Waals surface area (Å²) in [6, 6.07) is 5.18. The zero-order valence-corrected chi connectivity index (χ0v) is 12.7. The number of alkyl halides is 2. The van der Waals surface area contributed by atoms with Crippen molar-refractivity contribution < 1.29 is 18.0 Å². The molecule has 2 fully saturated rings. The second kappa shape index (κ2) is 5.55. The predicted octanol–water partition coefficient (Wildman–Crippen LogP) is 3.79. The number of hydrogen-bond acceptors (Lipinski definition) is 2. The van der Waals surface area contributed by atoms with Gasteiger partial charge in [-0.2, -0.15) is 5.26 Å². The minimum absolute atomic E-state index is 0.0931. The van der Waals surface area contributed by atoms with E-state index < -0.39 is 29.6 Å². The van der Waals surface area contributed by atoms with Crippen molar-refractivity contribution in [2.75, 3.05) is 0 Å². The monoisotopic (exact) mass is 322 g/mol. The highest BCUT2D eigenvalue weighted by atomic mass is 19.3. The van der Waals surface area contributed by atoms with E-state index in [9.17, 15) is 18.0 Å². The summed E-state index contributed by atoms with van der Waals surface area (Å²) >= 11 is 0. The van der Waals surface area contributed by atoms with Crippen molar-refractivity contribution in [3.05, 3.63) is 35.1 Å². The molecule has 0 N–H and O–H groups in total. The Morgan fingerprint density at radius 1 is 1.39 bits per heavy atom. The van der Waals surface area contributed by atoms with Crippen LogP contribution in [0.3, 0.4) is 0 Å². The molecular formula is C17H17F3N2O. The van der Waals surface area contributed by atoms with Crippen LogP contribution in [-0.4, -0.2) is 23.3 Å². The first-order valence-corrected chi connectivity index (χ1v) is 7.74. The van der Waals surface area contributed by atoms with Gasteiger partial charge in [-0.1, -0.05) is 6.92 Å². The van der Waals surface area contributed by atoms with E-state index >= 15 is 0 Å². The standard InChI is InChI=1S/C17H17F3N2O/c1-2-17(15(19)20)8-13-3-4-14(22(13)16(17)23)11-5-10(9-21)6-12(18)7-11/h5-7,13-15H,2-4,8H2,1H3/t13-,14+,17?/m1/s1. The number of carbonyl (C=O) groups is 1. The second-order valence-electron chi connectivity index (χ2n) is 6.36. The molecule has 0 radical (unpaired) electrons. The predicted molar refractivity (Wildman–Crippen MR) is 77.1 cm³/mol. The molecule has 2 aliphatic heterocycles. The molecule has 122 valence electrons. The first-order chi connectivity index (χ1) is 10.9. The Morgan fingerprint density at radius 3 is 2.74 bits per heavy atom. The Kier molecular flexibility index (Phi) is 3.83. The Labute approximate surface area is 132 Å². The van der Waals surface area contributed by atoms with Gasteiger partial charge in [-0.3, -0.25) is 4.79 Å². The SMILES string of the molecule is CCC1(C(F)F)C[C@H]2CC[C@@H](c3cc(F)cc(C#N)c3)N2C1=O. The van der Waals surface area contributed by atoms with Crippen LogP contribution >= 0.6 is 0 Å². The second-order valence-corrected chi connectivity index (χ2v) is 6.36. The van der Waals surface area contributed by atoms with Crippen LogP contribution in [0.5, 0.6) is 0 Å². The largest absolute Gasteiger partial charge is 0.332 e. The van der Waals surface area contributed by atoms with Gasteiger partial charge in [0, 0.05) is 6.04 Å². The quantitative estimate of drug-likeness (QED) is 0.850.